The van der Waals surface area contributed by atoms with Crippen LogP contribution in [0.2, 0.25) is 0 Å². The summed E-state index contributed by atoms with van der Waals surface area (Å²) < 4.78 is 0. The van der Waals surface area contributed by atoms with Crippen LogP contribution in [0.5, 0.6) is 0 Å². The number of benzene rings is 2. The molecular weight excluding hydrogens is 224 g/mol. The van der Waals surface area contributed by atoms with Crippen LogP contribution in [0.25, 0.3) is 10.8 Å². The van der Waals surface area contributed by atoms with Crippen molar-refractivity contribution in [3.05, 3.63) is 42.5 Å². The van der Waals surface area contributed by atoms with Crippen molar-refractivity contribution in [1.29, 1.82) is 0 Å². The number of amides is 2. The Balaban J connectivity index is 2.19. The highest BCUT2D eigenvalue weighted by Crippen LogP contribution is 2.22. The van der Waals surface area contributed by atoms with Crippen molar-refractivity contribution in [3.8, 4) is 0 Å². The summed E-state index contributed by atoms with van der Waals surface area (Å²) in [5, 5.41) is 7.97. The number of rotatable bonds is 3. The van der Waals surface area contributed by atoms with Crippen molar-refractivity contribution in [2.45, 2.75) is 26.3 Å². The third-order valence-corrected chi connectivity index (χ3v) is 3.03. The summed E-state index contributed by atoms with van der Waals surface area (Å²) >= 11 is 0. The molecule has 2 N–H and O–H groups in total. The van der Waals surface area contributed by atoms with Gasteiger partial charge in [0.05, 0.1) is 5.69 Å². The molecule has 2 rings (SSSR count). The first-order valence-electron chi connectivity index (χ1n) is 6.26. The molecule has 0 fully saturated rings. The van der Waals surface area contributed by atoms with Crippen LogP contribution in [0, 0.1) is 0 Å². The van der Waals surface area contributed by atoms with Crippen LogP contribution in [-0.2, 0) is 0 Å². The summed E-state index contributed by atoms with van der Waals surface area (Å²) in [6.45, 7) is 4.03. The van der Waals surface area contributed by atoms with E-state index >= 15 is 0 Å². The van der Waals surface area contributed by atoms with Gasteiger partial charge in [-0.2, -0.15) is 0 Å². The fraction of sp³-hybridized carbons (Fsp3) is 0.267. The lowest BCUT2D eigenvalue weighted by atomic mass is 10.1. The fourth-order valence-electron chi connectivity index (χ4n) is 1.82. The summed E-state index contributed by atoms with van der Waals surface area (Å²) in [6, 6.07) is 13.9. The first-order chi connectivity index (χ1) is 8.70. The molecule has 0 aliphatic heterocycles. The molecule has 0 aliphatic carbocycles. The molecule has 0 spiro atoms. The molecule has 3 nitrogen and oxygen atoms in total. The Hall–Kier alpha value is -2.03. The van der Waals surface area contributed by atoms with Crippen molar-refractivity contribution in [2.24, 2.45) is 0 Å². The number of urea groups is 1. The van der Waals surface area contributed by atoms with Crippen molar-refractivity contribution < 1.29 is 4.79 Å². The maximum Gasteiger partial charge on any atom is 0.319 e. The first-order valence-corrected chi connectivity index (χ1v) is 6.26. The Morgan fingerprint density at radius 1 is 1.17 bits per heavy atom. The topological polar surface area (TPSA) is 41.1 Å². The summed E-state index contributed by atoms with van der Waals surface area (Å²) in [5.41, 5.74) is 0.842. The van der Waals surface area contributed by atoms with E-state index in [4.69, 9.17) is 0 Å². The average Bonchev–Trinajstić information content (AvgIpc) is 2.39. The molecule has 0 radical (unpaired) electrons. The van der Waals surface area contributed by atoms with Crippen LogP contribution in [-0.4, -0.2) is 12.1 Å². The van der Waals surface area contributed by atoms with Crippen LogP contribution < -0.4 is 10.6 Å². The summed E-state index contributed by atoms with van der Waals surface area (Å²) in [5.74, 6) is 0. The van der Waals surface area contributed by atoms with Crippen LogP contribution in [0.4, 0.5) is 10.5 Å². The average molecular weight is 242 g/mol. The third-order valence-electron chi connectivity index (χ3n) is 3.03. The molecular formula is C15H18N2O. The zero-order chi connectivity index (χ0) is 13.0. The molecule has 2 amide bonds. The number of hydrogen-bond donors (Lipinski definition) is 2. The zero-order valence-electron chi connectivity index (χ0n) is 10.7. The van der Waals surface area contributed by atoms with E-state index in [2.05, 4.69) is 10.6 Å². The van der Waals surface area contributed by atoms with Crippen LogP contribution >= 0.6 is 0 Å². The van der Waals surface area contributed by atoms with Gasteiger partial charge in [0.1, 0.15) is 0 Å². The molecule has 2 aromatic carbocycles. The van der Waals surface area contributed by atoms with E-state index in [9.17, 15) is 4.79 Å². The number of anilines is 1. The summed E-state index contributed by atoms with van der Waals surface area (Å²) in [6.07, 6.45) is 0.920. The van der Waals surface area contributed by atoms with Gasteiger partial charge in [0.2, 0.25) is 0 Å². The maximum absolute atomic E-state index is 11.8. The highest BCUT2D eigenvalue weighted by Gasteiger charge is 2.07. The Bertz CT molecular complexity index is 546. The first kappa shape index (κ1) is 12.4. The van der Waals surface area contributed by atoms with Gasteiger partial charge in [0, 0.05) is 11.4 Å². The lowest BCUT2D eigenvalue weighted by Crippen LogP contribution is -2.35. The Labute approximate surface area is 107 Å². The van der Waals surface area contributed by atoms with Gasteiger partial charge < -0.3 is 10.6 Å². The zero-order valence-corrected chi connectivity index (χ0v) is 10.7. The van der Waals surface area contributed by atoms with Gasteiger partial charge in [-0.25, -0.2) is 4.79 Å². The van der Waals surface area contributed by atoms with E-state index in [1.165, 1.54) is 0 Å². The van der Waals surface area contributed by atoms with E-state index in [1.807, 2.05) is 56.3 Å². The molecule has 18 heavy (non-hydrogen) atoms. The normalized spacial score (nSPS) is 12.1. The summed E-state index contributed by atoms with van der Waals surface area (Å²) in [4.78, 5) is 11.8. The minimum atomic E-state index is -0.152. The summed E-state index contributed by atoms with van der Waals surface area (Å²) in [7, 11) is 0. The van der Waals surface area contributed by atoms with Crippen LogP contribution in [0.1, 0.15) is 20.3 Å². The molecule has 0 unspecified atom stereocenters. The minimum absolute atomic E-state index is 0.152. The SMILES string of the molecule is CC[C@H](C)NC(=O)Nc1cccc2ccccc12. The molecule has 94 valence electrons. The highest BCUT2D eigenvalue weighted by atomic mass is 16.2. The van der Waals surface area contributed by atoms with Gasteiger partial charge in [-0.05, 0) is 24.8 Å². The second-order valence-corrected chi connectivity index (χ2v) is 4.43. The predicted molar refractivity (Wildman–Crippen MR) is 75.9 cm³/mol. The molecule has 2 aromatic rings. The molecule has 0 bridgehead atoms. The van der Waals surface area contributed by atoms with Crippen LogP contribution in [0.15, 0.2) is 42.5 Å². The van der Waals surface area contributed by atoms with Crippen LogP contribution in [0.3, 0.4) is 0 Å². The van der Waals surface area contributed by atoms with Crippen molar-refractivity contribution >= 4 is 22.5 Å². The van der Waals surface area contributed by atoms with Gasteiger partial charge >= 0.3 is 6.03 Å². The second kappa shape index (κ2) is 5.54. The smallest absolute Gasteiger partial charge is 0.319 e. The molecule has 0 aliphatic rings. The largest absolute Gasteiger partial charge is 0.335 e. The molecule has 0 saturated heterocycles. The van der Waals surface area contributed by atoms with Crippen molar-refractivity contribution in [1.82, 2.24) is 5.32 Å². The third kappa shape index (κ3) is 2.80. The Morgan fingerprint density at radius 2 is 1.89 bits per heavy atom. The number of carbonyl (C=O) groups is 1. The lowest BCUT2D eigenvalue weighted by Gasteiger charge is -2.13. The van der Waals surface area contributed by atoms with Gasteiger partial charge in [0.15, 0.2) is 0 Å². The van der Waals surface area contributed by atoms with E-state index in [1.54, 1.807) is 0 Å². The van der Waals surface area contributed by atoms with Gasteiger partial charge in [0.25, 0.3) is 0 Å². The molecule has 3 heteroatoms. The monoisotopic (exact) mass is 242 g/mol. The standard InChI is InChI=1S/C15H18N2O/c1-3-11(2)16-15(18)17-14-10-6-8-12-7-4-5-9-13(12)14/h4-11H,3H2,1-2H3,(H2,16,17,18)/t11-/m0/s1. The van der Waals surface area contributed by atoms with Gasteiger partial charge in [-0.3, -0.25) is 0 Å². The van der Waals surface area contributed by atoms with Crippen molar-refractivity contribution in [2.75, 3.05) is 5.32 Å². The lowest BCUT2D eigenvalue weighted by molar-refractivity contribution is 0.249. The van der Waals surface area contributed by atoms with E-state index in [-0.39, 0.29) is 12.1 Å². The number of nitrogens with one attached hydrogen (secondary N) is 2. The van der Waals surface area contributed by atoms with E-state index in [0.717, 1.165) is 22.9 Å². The van der Waals surface area contributed by atoms with E-state index in [0.29, 0.717) is 0 Å². The quantitative estimate of drug-likeness (QED) is 0.845. The molecule has 1 atom stereocenters. The fourth-order valence-corrected chi connectivity index (χ4v) is 1.82. The maximum atomic E-state index is 11.8. The second-order valence-electron chi connectivity index (χ2n) is 4.43. The number of carbonyl (C=O) groups excluding carboxylic acids is 1. The predicted octanol–water partition coefficient (Wildman–Crippen LogP) is 3.76. The molecule has 0 heterocycles. The number of hydrogen-bond acceptors (Lipinski definition) is 1. The van der Waals surface area contributed by atoms with Gasteiger partial charge in [-0.15, -0.1) is 0 Å². The minimum Gasteiger partial charge on any atom is -0.335 e. The Kier molecular flexibility index (Phi) is 3.82. The highest BCUT2D eigenvalue weighted by molar-refractivity contribution is 6.01. The molecule has 0 saturated carbocycles. The number of fused-ring (bicyclic) bond motifs is 1. The Morgan fingerprint density at radius 3 is 2.67 bits per heavy atom. The molecule has 0 aromatic heterocycles. The van der Waals surface area contributed by atoms with Crippen molar-refractivity contribution in [3.63, 3.8) is 0 Å². The van der Waals surface area contributed by atoms with E-state index < -0.39 is 0 Å². The van der Waals surface area contributed by atoms with Gasteiger partial charge in [-0.1, -0.05) is 43.3 Å².